The van der Waals surface area contributed by atoms with Crippen LogP contribution in [0.2, 0.25) is 0 Å². The highest BCUT2D eigenvalue weighted by Crippen LogP contribution is 2.41. The first-order valence-electron chi connectivity index (χ1n) is 6.06. The van der Waals surface area contributed by atoms with Crippen LogP contribution in [0, 0.1) is 0 Å². The maximum absolute atomic E-state index is 11.7. The van der Waals surface area contributed by atoms with E-state index in [1.807, 2.05) is 0 Å². The van der Waals surface area contributed by atoms with Crippen molar-refractivity contribution >= 4 is 21.9 Å². The lowest BCUT2D eigenvalue weighted by molar-refractivity contribution is -0.135. The van der Waals surface area contributed by atoms with Crippen molar-refractivity contribution in [1.82, 2.24) is 0 Å². The largest absolute Gasteiger partial charge is 0.508 e. The number of ether oxygens (including phenoxy) is 1. The van der Waals surface area contributed by atoms with Gasteiger partial charge in [0.15, 0.2) is 0 Å². The second kappa shape index (κ2) is 4.83. The van der Waals surface area contributed by atoms with E-state index in [0.29, 0.717) is 10.2 Å². The van der Waals surface area contributed by atoms with Crippen molar-refractivity contribution in [2.45, 2.75) is 12.3 Å². The summed E-state index contributed by atoms with van der Waals surface area (Å²) in [6.07, 6.45) is 0.231. The number of esters is 1. The number of phenolic OH excluding ortho intramolecular Hbond substituents is 2. The number of phenols is 2. The zero-order valence-corrected chi connectivity index (χ0v) is 11.9. The van der Waals surface area contributed by atoms with E-state index in [4.69, 9.17) is 4.74 Å². The summed E-state index contributed by atoms with van der Waals surface area (Å²) in [6.45, 7) is 0. The number of carbonyl (C=O) groups is 1. The van der Waals surface area contributed by atoms with Gasteiger partial charge in [-0.1, -0.05) is 12.1 Å². The van der Waals surface area contributed by atoms with E-state index >= 15 is 0 Å². The number of rotatable bonds is 1. The summed E-state index contributed by atoms with van der Waals surface area (Å²) in [7, 11) is 0. The molecule has 2 N–H and O–H groups in total. The highest BCUT2D eigenvalue weighted by atomic mass is 79.9. The molecular weight excluding hydrogens is 324 g/mol. The Kier molecular flexibility index (Phi) is 3.14. The van der Waals surface area contributed by atoms with Crippen molar-refractivity contribution < 1.29 is 19.7 Å². The SMILES string of the molecule is O=C1CC(c2ccc(O)c(Br)c2)c2ccc(O)cc2O1. The zero-order valence-electron chi connectivity index (χ0n) is 10.3. The van der Waals surface area contributed by atoms with Crippen LogP contribution in [-0.4, -0.2) is 16.2 Å². The normalized spacial score (nSPS) is 17.4. The molecule has 4 nitrogen and oxygen atoms in total. The van der Waals surface area contributed by atoms with E-state index in [1.54, 1.807) is 30.3 Å². The van der Waals surface area contributed by atoms with Gasteiger partial charge in [0.05, 0.1) is 10.9 Å². The Labute approximate surface area is 123 Å². The molecule has 0 saturated heterocycles. The van der Waals surface area contributed by atoms with Gasteiger partial charge in [-0.25, -0.2) is 0 Å². The standard InChI is InChI=1S/C15H11BrO4/c16-12-5-8(1-4-13(12)18)11-7-15(19)20-14-6-9(17)2-3-10(11)14/h1-6,11,17-18H,7H2. The molecule has 2 aromatic carbocycles. The quantitative estimate of drug-likeness (QED) is 0.620. The molecule has 0 radical (unpaired) electrons. The molecule has 1 heterocycles. The van der Waals surface area contributed by atoms with Gasteiger partial charge in [0.25, 0.3) is 0 Å². The number of carbonyl (C=O) groups excluding carboxylic acids is 1. The molecule has 0 fully saturated rings. The van der Waals surface area contributed by atoms with E-state index in [2.05, 4.69) is 15.9 Å². The highest BCUT2D eigenvalue weighted by Gasteiger charge is 2.28. The third kappa shape index (κ3) is 2.25. The molecule has 102 valence electrons. The first-order chi connectivity index (χ1) is 9.54. The molecule has 0 aromatic heterocycles. The minimum absolute atomic E-state index is 0.0593. The monoisotopic (exact) mass is 334 g/mol. The van der Waals surface area contributed by atoms with Crippen molar-refractivity contribution in [1.29, 1.82) is 0 Å². The molecule has 20 heavy (non-hydrogen) atoms. The molecule has 1 aliphatic heterocycles. The molecular formula is C15H11BrO4. The first-order valence-corrected chi connectivity index (χ1v) is 6.86. The lowest BCUT2D eigenvalue weighted by atomic mass is 9.86. The van der Waals surface area contributed by atoms with Gasteiger partial charge in [-0.05, 0) is 39.7 Å². The van der Waals surface area contributed by atoms with Crippen molar-refractivity contribution in [3.8, 4) is 17.2 Å². The van der Waals surface area contributed by atoms with Crippen LogP contribution in [0.4, 0.5) is 0 Å². The molecule has 1 atom stereocenters. The summed E-state index contributed by atoms with van der Waals surface area (Å²) < 4.78 is 5.74. The fourth-order valence-electron chi connectivity index (χ4n) is 2.38. The number of hydrogen-bond donors (Lipinski definition) is 2. The van der Waals surface area contributed by atoms with Crippen molar-refractivity contribution in [2.24, 2.45) is 0 Å². The summed E-state index contributed by atoms with van der Waals surface area (Å²) in [5.41, 5.74) is 1.75. The molecule has 0 saturated carbocycles. The Morgan fingerprint density at radius 1 is 1.15 bits per heavy atom. The third-order valence-electron chi connectivity index (χ3n) is 3.34. The first kappa shape index (κ1) is 13.0. The summed E-state index contributed by atoms with van der Waals surface area (Å²) >= 11 is 3.27. The van der Waals surface area contributed by atoms with Crippen LogP contribution in [0.15, 0.2) is 40.9 Å². The highest BCUT2D eigenvalue weighted by molar-refractivity contribution is 9.10. The van der Waals surface area contributed by atoms with Gasteiger partial charge in [0.2, 0.25) is 0 Å². The second-order valence-corrected chi connectivity index (χ2v) is 5.52. The van der Waals surface area contributed by atoms with Gasteiger partial charge in [-0.3, -0.25) is 4.79 Å². The van der Waals surface area contributed by atoms with Crippen molar-refractivity contribution in [3.63, 3.8) is 0 Å². The molecule has 5 heteroatoms. The average Bonchev–Trinajstić information content (AvgIpc) is 2.40. The van der Waals surface area contributed by atoms with E-state index in [1.165, 1.54) is 6.07 Å². The van der Waals surface area contributed by atoms with Gasteiger partial charge in [-0.2, -0.15) is 0 Å². The molecule has 0 bridgehead atoms. The smallest absolute Gasteiger partial charge is 0.312 e. The Hall–Kier alpha value is -2.01. The maximum atomic E-state index is 11.7. The van der Waals surface area contributed by atoms with Gasteiger partial charge in [0.1, 0.15) is 17.2 Å². The minimum atomic E-state index is -0.336. The average molecular weight is 335 g/mol. The number of halogens is 1. The van der Waals surface area contributed by atoms with Crippen LogP contribution in [0.3, 0.4) is 0 Å². The van der Waals surface area contributed by atoms with E-state index in [9.17, 15) is 15.0 Å². The van der Waals surface area contributed by atoms with E-state index < -0.39 is 0 Å². The predicted octanol–water partition coefficient (Wildman–Crippen LogP) is 3.30. The summed E-state index contributed by atoms with van der Waals surface area (Å²) in [4.78, 5) is 11.7. The molecule has 0 spiro atoms. The van der Waals surface area contributed by atoms with E-state index in [0.717, 1.165) is 11.1 Å². The molecule has 0 aliphatic carbocycles. The number of hydrogen-bond acceptors (Lipinski definition) is 4. The van der Waals surface area contributed by atoms with Gasteiger partial charge in [-0.15, -0.1) is 0 Å². The fraction of sp³-hybridized carbons (Fsp3) is 0.133. The van der Waals surface area contributed by atoms with Gasteiger partial charge < -0.3 is 14.9 Å². The number of fused-ring (bicyclic) bond motifs is 1. The lowest BCUT2D eigenvalue weighted by Crippen LogP contribution is -2.20. The zero-order chi connectivity index (χ0) is 14.3. The van der Waals surface area contributed by atoms with Crippen LogP contribution in [0.5, 0.6) is 17.2 Å². The topological polar surface area (TPSA) is 66.8 Å². The second-order valence-electron chi connectivity index (χ2n) is 4.66. The Morgan fingerprint density at radius 3 is 2.70 bits per heavy atom. The third-order valence-corrected chi connectivity index (χ3v) is 3.98. The Balaban J connectivity index is 2.10. The Morgan fingerprint density at radius 2 is 1.95 bits per heavy atom. The van der Waals surface area contributed by atoms with Crippen LogP contribution in [0.25, 0.3) is 0 Å². The summed E-state index contributed by atoms with van der Waals surface area (Å²) in [5, 5.41) is 19.0. The molecule has 1 aliphatic rings. The van der Waals surface area contributed by atoms with E-state index in [-0.39, 0.29) is 29.8 Å². The van der Waals surface area contributed by atoms with Crippen molar-refractivity contribution in [2.75, 3.05) is 0 Å². The fourth-order valence-corrected chi connectivity index (χ4v) is 2.77. The van der Waals surface area contributed by atoms with Crippen molar-refractivity contribution in [3.05, 3.63) is 52.0 Å². The van der Waals surface area contributed by atoms with Gasteiger partial charge >= 0.3 is 5.97 Å². The maximum Gasteiger partial charge on any atom is 0.312 e. The van der Waals surface area contributed by atoms with Crippen LogP contribution >= 0.6 is 15.9 Å². The van der Waals surface area contributed by atoms with Crippen LogP contribution in [-0.2, 0) is 4.79 Å². The summed E-state index contributed by atoms with van der Waals surface area (Å²) in [5.74, 6) is 0.110. The van der Waals surface area contributed by atoms with Crippen LogP contribution in [0.1, 0.15) is 23.5 Å². The molecule has 2 aromatic rings. The Bertz CT molecular complexity index is 696. The van der Waals surface area contributed by atoms with Crippen LogP contribution < -0.4 is 4.74 Å². The molecule has 3 rings (SSSR count). The lowest BCUT2D eigenvalue weighted by Gasteiger charge is -2.25. The minimum Gasteiger partial charge on any atom is -0.508 e. The summed E-state index contributed by atoms with van der Waals surface area (Å²) in [6, 6.07) is 9.91. The molecule has 1 unspecified atom stereocenters. The number of benzene rings is 2. The number of aromatic hydroxyl groups is 2. The molecule has 0 amide bonds. The van der Waals surface area contributed by atoms with Gasteiger partial charge in [0, 0.05) is 17.5 Å². The predicted molar refractivity (Wildman–Crippen MR) is 76.0 cm³/mol.